The van der Waals surface area contributed by atoms with Gasteiger partial charge < -0.3 is 24.6 Å². The highest BCUT2D eigenvalue weighted by Gasteiger charge is 2.37. The molecule has 45 heavy (non-hydrogen) atoms. The van der Waals surface area contributed by atoms with E-state index in [1.54, 1.807) is 17.2 Å². The molecule has 0 saturated heterocycles. The van der Waals surface area contributed by atoms with Gasteiger partial charge in [-0.15, -0.1) is 0 Å². The molecular formula is C34H45F2N3O5Si. The van der Waals surface area contributed by atoms with Gasteiger partial charge in [-0.25, -0.2) is 13.6 Å². The van der Waals surface area contributed by atoms with Crippen LogP contribution in [0.3, 0.4) is 0 Å². The van der Waals surface area contributed by atoms with E-state index in [1.807, 2.05) is 55.7 Å². The quantitative estimate of drug-likeness (QED) is 0.139. The summed E-state index contributed by atoms with van der Waals surface area (Å²) in [5, 5.41) is 12.1. The zero-order valence-electron chi connectivity index (χ0n) is 26.8. The lowest BCUT2D eigenvalue weighted by atomic mass is 9.82. The summed E-state index contributed by atoms with van der Waals surface area (Å²) in [4.78, 5) is 39.0. The van der Waals surface area contributed by atoms with Gasteiger partial charge in [0.25, 0.3) is 0 Å². The normalized spacial score (nSPS) is 12.2. The van der Waals surface area contributed by atoms with Crippen LogP contribution in [0.2, 0.25) is 19.1 Å². The van der Waals surface area contributed by atoms with Crippen LogP contribution in [0.25, 0.3) is 11.1 Å². The van der Waals surface area contributed by atoms with E-state index in [2.05, 4.69) is 18.4 Å². The molecule has 3 rings (SSSR count). The number of ether oxygens (including phenoxy) is 1. The van der Waals surface area contributed by atoms with Gasteiger partial charge in [0.15, 0.2) is 0 Å². The number of aromatic nitrogens is 1. The Kier molecular flexibility index (Phi) is 12.9. The Bertz CT molecular complexity index is 1440. The molecule has 0 fully saturated rings. The standard InChI is InChI=1S/C34H45F2N3O5Si/c1-34(2,3)32(39(30(40)14-15-31(41)42)17-9-16-37-33(43)44-18-19-45(4)5)29-20-25(27-21-26(35)12-13-28(27)36)23-38(29)22-24-10-7-6-8-11-24/h6-8,10-13,20-21,23,32,45H,9,14-19,22H2,1-5H3,(H,37,43)(H,41,42)/t32-/m0/s1. The van der Waals surface area contributed by atoms with Crippen molar-refractivity contribution in [2.24, 2.45) is 5.41 Å². The summed E-state index contributed by atoms with van der Waals surface area (Å²) in [6, 6.07) is 15.1. The molecule has 0 aliphatic rings. The molecule has 1 heterocycles. The first-order valence-corrected chi connectivity index (χ1v) is 18.5. The highest BCUT2D eigenvalue weighted by Crippen LogP contribution is 2.41. The molecule has 0 radical (unpaired) electrons. The fourth-order valence-electron chi connectivity index (χ4n) is 5.25. The Labute approximate surface area is 266 Å². The van der Waals surface area contributed by atoms with Crippen LogP contribution < -0.4 is 5.32 Å². The zero-order valence-corrected chi connectivity index (χ0v) is 28.0. The monoisotopic (exact) mass is 641 g/mol. The minimum Gasteiger partial charge on any atom is -0.481 e. The number of halogens is 2. The number of nitrogens with zero attached hydrogens (tertiary/aromatic N) is 2. The van der Waals surface area contributed by atoms with Gasteiger partial charge in [-0.05, 0) is 47.7 Å². The number of carbonyl (C=O) groups excluding carboxylic acids is 2. The van der Waals surface area contributed by atoms with E-state index in [-0.39, 0.29) is 37.4 Å². The van der Waals surface area contributed by atoms with Crippen LogP contribution >= 0.6 is 0 Å². The number of carboxylic acids is 1. The first kappa shape index (κ1) is 35.5. The summed E-state index contributed by atoms with van der Waals surface area (Å²) in [6.45, 7) is 11.5. The van der Waals surface area contributed by atoms with Crippen molar-refractivity contribution in [1.82, 2.24) is 14.8 Å². The Morgan fingerprint density at radius 2 is 1.76 bits per heavy atom. The van der Waals surface area contributed by atoms with Crippen molar-refractivity contribution in [3.05, 3.63) is 83.7 Å². The molecule has 0 aliphatic carbocycles. The Morgan fingerprint density at radius 1 is 1.04 bits per heavy atom. The number of hydrogen-bond acceptors (Lipinski definition) is 4. The first-order chi connectivity index (χ1) is 21.3. The minimum atomic E-state index is -1.08. The predicted molar refractivity (Wildman–Crippen MR) is 174 cm³/mol. The van der Waals surface area contributed by atoms with Crippen molar-refractivity contribution in [2.75, 3.05) is 19.7 Å². The molecule has 11 heteroatoms. The molecule has 2 amide bonds. The first-order valence-electron chi connectivity index (χ1n) is 15.4. The van der Waals surface area contributed by atoms with E-state index in [4.69, 9.17) is 4.74 Å². The SMILES string of the molecule is C[SiH](C)CCOC(=O)NCCCN(C(=O)CCC(=O)O)[C@@H](c1cc(-c2cc(F)ccc2F)cn1Cc1ccccc1)C(C)(C)C. The molecule has 0 saturated carbocycles. The lowest BCUT2D eigenvalue weighted by molar-refractivity contribution is -0.143. The van der Waals surface area contributed by atoms with Crippen molar-refractivity contribution in [2.45, 2.75) is 71.8 Å². The number of nitrogens with one attached hydrogen (secondary N) is 1. The third-order valence-electron chi connectivity index (χ3n) is 7.42. The van der Waals surface area contributed by atoms with Gasteiger partial charge in [-0.2, -0.15) is 0 Å². The van der Waals surface area contributed by atoms with Crippen LogP contribution in [0, 0.1) is 17.0 Å². The van der Waals surface area contributed by atoms with Gasteiger partial charge in [-0.1, -0.05) is 64.2 Å². The lowest BCUT2D eigenvalue weighted by Gasteiger charge is -2.41. The van der Waals surface area contributed by atoms with Crippen molar-refractivity contribution in [1.29, 1.82) is 0 Å². The third-order valence-corrected chi connectivity index (χ3v) is 8.81. The molecule has 244 valence electrons. The van der Waals surface area contributed by atoms with E-state index in [0.717, 1.165) is 29.8 Å². The molecule has 0 spiro atoms. The Balaban J connectivity index is 2.00. The fourth-order valence-corrected chi connectivity index (χ4v) is 5.83. The molecule has 3 aromatic rings. The van der Waals surface area contributed by atoms with Crippen molar-refractivity contribution >= 4 is 26.8 Å². The summed E-state index contributed by atoms with van der Waals surface area (Å²) in [5.41, 5.74) is 1.66. The summed E-state index contributed by atoms with van der Waals surface area (Å²) in [7, 11) is -0.844. The van der Waals surface area contributed by atoms with Crippen LogP contribution in [0.4, 0.5) is 13.6 Å². The second kappa shape index (κ2) is 16.4. The number of carboxylic acid groups (broad SMARTS) is 1. The molecule has 1 aromatic heterocycles. The van der Waals surface area contributed by atoms with E-state index >= 15 is 0 Å². The number of aliphatic carboxylic acids is 1. The van der Waals surface area contributed by atoms with Gasteiger partial charge in [0.05, 0.1) is 19.1 Å². The Hall–Kier alpha value is -3.99. The summed E-state index contributed by atoms with van der Waals surface area (Å²) in [6.07, 6.45) is 1.10. The summed E-state index contributed by atoms with van der Waals surface area (Å²) in [5.74, 6) is -2.58. The maximum atomic E-state index is 15.0. The largest absolute Gasteiger partial charge is 0.481 e. The summed E-state index contributed by atoms with van der Waals surface area (Å²) >= 11 is 0. The molecule has 2 aromatic carbocycles. The lowest BCUT2D eigenvalue weighted by Crippen LogP contribution is -2.43. The van der Waals surface area contributed by atoms with E-state index in [9.17, 15) is 28.3 Å². The average Bonchev–Trinajstić information content (AvgIpc) is 3.36. The van der Waals surface area contributed by atoms with Crippen LogP contribution in [-0.2, 0) is 20.9 Å². The molecule has 1 atom stereocenters. The highest BCUT2D eigenvalue weighted by molar-refractivity contribution is 6.55. The molecule has 0 unspecified atom stereocenters. The molecule has 2 N–H and O–H groups in total. The number of rotatable bonds is 15. The van der Waals surface area contributed by atoms with Gasteiger partial charge in [0, 0.05) is 57.9 Å². The van der Waals surface area contributed by atoms with E-state index < -0.39 is 44.0 Å². The highest BCUT2D eigenvalue weighted by atomic mass is 28.3. The maximum absolute atomic E-state index is 15.0. The summed E-state index contributed by atoms with van der Waals surface area (Å²) < 4.78 is 36.4. The number of hydrogen-bond donors (Lipinski definition) is 2. The maximum Gasteiger partial charge on any atom is 0.407 e. The van der Waals surface area contributed by atoms with Crippen LogP contribution in [0.1, 0.15) is 57.3 Å². The predicted octanol–water partition coefficient (Wildman–Crippen LogP) is 6.87. The van der Waals surface area contributed by atoms with Gasteiger partial charge in [-0.3, -0.25) is 9.59 Å². The van der Waals surface area contributed by atoms with Crippen molar-refractivity contribution < 1.29 is 33.0 Å². The van der Waals surface area contributed by atoms with E-state index in [1.165, 1.54) is 0 Å². The van der Waals surface area contributed by atoms with Gasteiger partial charge in [0.1, 0.15) is 11.6 Å². The average molecular weight is 642 g/mol. The number of amides is 2. The smallest absolute Gasteiger partial charge is 0.407 e. The van der Waals surface area contributed by atoms with Crippen LogP contribution in [0.15, 0.2) is 60.8 Å². The Morgan fingerprint density at radius 3 is 2.40 bits per heavy atom. The molecular weight excluding hydrogens is 596 g/mol. The second-order valence-electron chi connectivity index (χ2n) is 12.7. The minimum absolute atomic E-state index is 0.0994. The van der Waals surface area contributed by atoms with Crippen LogP contribution in [0.5, 0.6) is 0 Å². The molecule has 0 bridgehead atoms. The molecule has 0 aliphatic heterocycles. The topological polar surface area (TPSA) is 101 Å². The third kappa shape index (κ3) is 10.8. The van der Waals surface area contributed by atoms with Crippen molar-refractivity contribution in [3.63, 3.8) is 0 Å². The van der Waals surface area contributed by atoms with Crippen molar-refractivity contribution in [3.8, 4) is 11.1 Å². The van der Waals surface area contributed by atoms with Gasteiger partial charge >= 0.3 is 12.1 Å². The number of alkyl carbamates (subject to hydrolysis) is 1. The number of carbonyl (C=O) groups is 3. The van der Waals surface area contributed by atoms with E-state index in [0.29, 0.717) is 30.8 Å². The fraction of sp³-hybridized carbons (Fsp3) is 0.441. The second-order valence-corrected chi connectivity index (χ2v) is 16.1. The van der Waals surface area contributed by atoms with Gasteiger partial charge in [0.2, 0.25) is 5.91 Å². The number of benzene rings is 2. The zero-order chi connectivity index (χ0) is 33.1. The molecule has 8 nitrogen and oxygen atoms in total. The van der Waals surface area contributed by atoms with Crippen LogP contribution in [-0.4, -0.2) is 61.0 Å².